The second kappa shape index (κ2) is 4.72. The van der Waals surface area contributed by atoms with Gasteiger partial charge in [-0.3, -0.25) is 0 Å². The molecule has 0 aromatic carbocycles. The topological polar surface area (TPSA) is 98.0 Å². The summed E-state index contributed by atoms with van der Waals surface area (Å²) in [5.41, 5.74) is -0.836. The Balaban J connectivity index is 4.58. The summed E-state index contributed by atoms with van der Waals surface area (Å²) < 4.78 is 0. The Labute approximate surface area is 71.0 Å². The molecule has 6 heteroatoms. The molecule has 0 spiro atoms. The molecule has 0 aromatic heterocycles. The Morgan fingerprint density at radius 3 is 1.67 bits per heavy atom. The molecule has 5 nitrogen and oxygen atoms in total. The van der Waals surface area contributed by atoms with Crippen molar-refractivity contribution in [3.63, 3.8) is 0 Å². The van der Waals surface area contributed by atoms with E-state index in [0.29, 0.717) is 0 Å². The van der Waals surface area contributed by atoms with Gasteiger partial charge in [-0.2, -0.15) is 0 Å². The standard InChI is InChI=1S/C6H15O5P/c1-5(6(10)11)12(2-7,3-8)4-9/h5,7-9,12H,2-4H2,1H3,(H,10,11). The van der Waals surface area contributed by atoms with Gasteiger partial charge in [-0.05, 0) is 0 Å². The van der Waals surface area contributed by atoms with E-state index in [9.17, 15) is 4.79 Å². The molecule has 0 heterocycles. The fourth-order valence-electron chi connectivity index (χ4n) is 0.823. The Hall–Kier alpha value is -0.220. The van der Waals surface area contributed by atoms with E-state index in [4.69, 9.17) is 20.4 Å². The van der Waals surface area contributed by atoms with Crippen LogP contribution in [0.4, 0.5) is 0 Å². The van der Waals surface area contributed by atoms with Gasteiger partial charge in [0.05, 0.1) is 0 Å². The van der Waals surface area contributed by atoms with Crippen LogP contribution in [0.3, 0.4) is 0 Å². The number of hydrogen-bond donors (Lipinski definition) is 4. The van der Waals surface area contributed by atoms with E-state index in [2.05, 4.69) is 0 Å². The second-order valence-electron chi connectivity index (χ2n) is 2.90. The Morgan fingerprint density at radius 2 is 1.58 bits per heavy atom. The molecule has 74 valence electrons. The van der Waals surface area contributed by atoms with Crippen molar-refractivity contribution in [2.45, 2.75) is 12.6 Å². The Bertz CT molecular complexity index is 148. The van der Waals surface area contributed by atoms with Gasteiger partial charge in [0.15, 0.2) is 0 Å². The number of carbonyl (C=O) groups is 1. The second-order valence-corrected chi connectivity index (χ2v) is 7.44. The van der Waals surface area contributed by atoms with Gasteiger partial charge in [0.1, 0.15) is 0 Å². The SMILES string of the molecule is CC(C(=O)O)[PH](CO)(CO)CO. The summed E-state index contributed by atoms with van der Waals surface area (Å²) in [7, 11) is -2.82. The molecule has 0 aliphatic rings. The molecule has 0 bridgehead atoms. The molecule has 0 aromatic rings. The van der Waals surface area contributed by atoms with E-state index in [1.54, 1.807) is 0 Å². The van der Waals surface area contributed by atoms with E-state index >= 15 is 0 Å². The quantitative estimate of drug-likeness (QED) is 0.427. The molecule has 4 N–H and O–H groups in total. The summed E-state index contributed by atoms with van der Waals surface area (Å²) in [6.07, 6.45) is -1.23. The predicted molar refractivity (Wildman–Crippen MR) is 46.7 cm³/mol. The summed E-state index contributed by atoms with van der Waals surface area (Å²) >= 11 is 0. The first-order chi connectivity index (χ1) is 5.54. The number of hydrogen-bond acceptors (Lipinski definition) is 4. The minimum atomic E-state index is -2.82. The molecule has 0 saturated heterocycles. The van der Waals surface area contributed by atoms with Crippen molar-refractivity contribution in [2.24, 2.45) is 0 Å². The third kappa shape index (κ3) is 2.14. The van der Waals surface area contributed by atoms with Gasteiger partial charge < -0.3 is 0 Å². The fraction of sp³-hybridized carbons (Fsp3) is 0.833. The van der Waals surface area contributed by atoms with E-state index in [-0.39, 0.29) is 0 Å². The molecule has 0 amide bonds. The first kappa shape index (κ1) is 11.8. The van der Waals surface area contributed by atoms with E-state index in [1.807, 2.05) is 0 Å². The van der Waals surface area contributed by atoms with Gasteiger partial charge >= 0.3 is 70.1 Å². The first-order valence-electron chi connectivity index (χ1n) is 3.59. The van der Waals surface area contributed by atoms with Gasteiger partial charge in [-0.25, -0.2) is 0 Å². The molecule has 0 rings (SSSR count). The van der Waals surface area contributed by atoms with Crippen molar-refractivity contribution >= 4 is 13.2 Å². The van der Waals surface area contributed by atoms with Crippen LogP contribution in [0.25, 0.3) is 0 Å². The van der Waals surface area contributed by atoms with Crippen LogP contribution in [0, 0.1) is 0 Å². The zero-order chi connectivity index (χ0) is 9.78. The first-order valence-corrected chi connectivity index (χ1v) is 6.29. The monoisotopic (exact) mass is 198 g/mol. The molecule has 1 unspecified atom stereocenters. The number of aliphatic hydroxyl groups excluding tert-OH is 3. The van der Waals surface area contributed by atoms with Crippen molar-refractivity contribution in [1.82, 2.24) is 0 Å². The number of carboxylic acids is 1. The molecule has 1 atom stereocenters. The van der Waals surface area contributed by atoms with Crippen LogP contribution in [0.1, 0.15) is 6.92 Å². The summed E-state index contributed by atoms with van der Waals surface area (Å²) in [4.78, 5) is 10.5. The predicted octanol–water partition coefficient (Wildman–Crippen LogP) is -0.941. The summed E-state index contributed by atoms with van der Waals surface area (Å²) in [5.74, 6) is -1.08. The van der Waals surface area contributed by atoms with Crippen LogP contribution in [0.2, 0.25) is 0 Å². The molecular formula is C6H15O5P. The third-order valence-corrected chi connectivity index (χ3v) is 6.21. The number of aliphatic hydroxyl groups is 3. The van der Waals surface area contributed by atoms with Gasteiger partial charge in [-0.1, -0.05) is 0 Å². The molecule has 0 radical (unpaired) electrons. The molecule has 0 aliphatic heterocycles. The summed E-state index contributed by atoms with van der Waals surface area (Å²) in [6.45, 7) is 1.40. The van der Waals surface area contributed by atoms with Crippen LogP contribution >= 0.6 is 7.26 Å². The van der Waals surface area contributed by atoms with Crippen LogP contribution < -0.4 is 0 Å². The molecule has 12 heavy (non-hydrogen) atoms. The van der Waals surface area contributed by atoms with Gasteiger partial charge in [-0.15, -0.1) is 0 Å². The maximum absolute atomic E-state index is 10.5. The van der Waals surface area contributed by atoms with Crippen LogP contribution in [0.15, 0.2) is 0 Å². The van der Waals surface area contributed by atoms with Crippen molar-refractivity contribution < 1.29 is 25.2 Å². The minimum absolute atomic E-state index is 0.409. The van der Waals surface area contributed by atoms with Crippen molar-refractivity contribution in [3.05, 3.63) is 0 Å². The number of aliphatic carboxylic acids is 1. The van der Waals surface area contributed by atoms with Crippen molar-refractivity contribution in [1.29, 1.82) is 0 Å². The number of carboxylic acid groups (broad SMARTS) is 1. The van der Waals surface area contributed by atoms with Crippen molar-refractivity contribution in [3.8, 4) is 0 Å². The third-order valence-electron chi connectivity index (χ3n) is 2.23. The molecule has 0 aliphatic carbocycles. The maximum atomic E-state index is 10.5. The van der Waals surface area contributed by atoms with Crippen LogP contribution in [-0.2, 0) is 4.79 Å². The zero-order valence-electron chi connectivity index (χ0n) is 6.90. The summed E-state index contributed by atoms with van der Waals surface area (Å²) in [5, 5.41) is 35.2. The van der Waals surface area contributed by atoms with Crippen LogP contribution in [-0.4, -0.2) is 51.1 Å². The van der Waals surface area contributed by atoms with Gasteiger partial charge in [0, 0.05) is 0 Å². The summed E-state index contributed by atoms with van der Waals surface area (Å²) in [6, 6.07) is 0. The normalized spacial score (nSPS) is 15.7. The Morgan fingerprint density at radius 1 is 1.25 bits per heavy atom. The zero-order valence-corrected chi connectivity index (χ0v) is 7.90. The van der Waals surface area contributed by atoms with Gasteiger partial charge in [0.25, 0.3) is 0 Å². The molecular weight excluding hydrogens is 183 g/mol. The van der Waals surface area contributed by atoms with Gasteiger partial charge in [0.2, 0.25) is 0 Å². The average molecular weight is 198 g/mol. The van der Waals surface area contributed by atoms with Crippen LogP contribution in [0.5, 0.6) is 0 Å². The van der Waals surface area contributed by atoms with E-state index in [1.165, 1.54) is 6.92 Å². The molecule has 0 fully saturated rings. The Kier molecular flexibility index (Phi) is 4.63. The number of rotatable bonds is 5. The van der Waals surface area contributed by atoms with E-state index in [0.717, 1.165) is 0 Å². The van der Waals surface area contributed by atoms with E-state index < -0.39 is 37.9 Å². The fourth-order valence-corrected chi connectivity index (χ4v) is 2.47. The van der Waals surface area contributed by atoms with Crippen molar-refractivity contribution in [2.75, 3.05) is 19.0 Å². The average Bonchev–Trinajstić information content (AvgIpc) is 2.08. The molecule has 0 saturated carbocycles.